The van der Waals surface area contributed by atoms with Crippen LogP contribution >= 0.6 is 22.9 Å². The van der Waals surface area contributed by atoms with Crippen LogP contribution in [0.3, 0.4) is 0 Å². The molecule has 0 bridgehead atoms. The summed E-state index contributed by atoms with van der Waals surface area (Å²) in [6.45, 7) is 2.30. The van der Waals surface area contributed by atoms with Crippen molar-refractivity contribution in [2.45, 2.75) is 51.5 Å². The average Bonchev–Trinajstić information content (AvgIpc) is 2.79. The molecular formula is C15H24ClNS. The number of thiophene rings is 1. The molecule has 18 heavy (non-hydrogen) atoms. The third kappa shape index (κ3) is 3.28. The van der Waals surface area contributed by atoms with Gasteiger partial charge in [0.15, 0.2) is 0 Å². The lowest BCUT2D eigenvalue weighted by molar-refractivity contribution is 0.221. The summed E-state index contributed by atoms with van der Waals surface area (Å²) in [5, 5.41) is 6.53. The molecule has 0 aromatic carbocycles. The topological polar surface area (TPSA) is 12.0 Å². The van der Waals surface area contributed by atoms with Crippen LogP contribution in [0, 0.1) is 11.8 Å². The van der Waals surface area contributed by atoms with E-state index in [0.717, 1.165) is 16.9 Å². The van der Waals surface area contributed by atoms with Crippen LogP contribution < -0.4 is 5.32 Å². The number of halogens is 1. The van der Waals surface area contributed by atoms with E-state index in [1.165, 1.54) is 43.4 Å². The van der Waals surface area contributed by atoms with Gasteiger partial charge >= 0.3 is 0 Å². The molecule has 1 unspecified atom stereocenters. The zero-order chi connectivity index (χ0) is 13.0. The summed E-state index contributed by atoms with van der Waals surface area (Å²) in [6, 6.07) is 2.48. The molecule has 102 valence electrons. The van der Waals surface area contributed by atoms with Crippen molar-refractivity contribution in [2.75, 3.05) is 7.05 Å². The van der Waals surface area contributed by atoms with Gasteiger partial charge in [0, 0.05) is 10.9 Å². The van der Waals surface area contributed by atoms with Gasteiger partial charge in [-0.3, -0.25) is 0 Å². The molecule has 1 heterocycles. The van der Waals surface area contributed by atoms with Crippen LogP contribution in [0.4, 0.5) is 0 Å². The fourth-order valence-electron chi connectivity index (χ4n) is 3.33. The molecule has 1 aliphatic rings. The SMILES string of the molecule is CCCC1CCC(C(NC)c2sccc2Cl)CC1. The van der Waals surface area contributed by atoms with Crippen molar-refractivity contribution < 1.29 is 0 Å². The lowest BCUT2D eigenvalue weighted by Gasteiger charge is -2.33. The quantitative estimate of drug-likeness (QED) is 0.777. The fraction of sp³-hybridized carbons (Fsp3) is 0.733. The highest BCUT2D eigenvalue weighted by Gasteiger charge is 2.29. The zero-order valence-corrected chi connectivity index (χ0v) is 13.0. The maximum Gasteiger partial charge on any atom is 0.0561 e. The van der Waals surface area contributed by atoms with Gasteiger partial charge in [-0.1, -0.05) is 44.2 Å². The molecular weight excluding hydrogens is 262 g/mol. The largest absolute Gasteiger partial charge is 0.312 e. The lowest BCUT2D eigenvalue weighted by atomic mass is 9.77. The molecule has 0 saturated heterocycles. The van der Waals surface area contributed by atoms with Crippen LogP contribution in [-0.2, 0) is 0 Å². The van der Waals surface area contributed by atoms with Crippen LogP contribution in [-0.4, -0.2) is 7.05 Å². The first-order valence-electron chi connectivity index (χ1n) is 7.16. The normalized spacial score (nSPS) is 26.2. The van der Waals surface area contributed by atoms with Gasteiger partial charge in [-0.05, 0) is 43.2 Å². The summed E-state index contributed by atoms with van der Waals surface area (Å²) in [7, 11) is 2.07. The molecule has 0 radical (unpaired) electrons. The fourth-order valence-corrected chi connectivity index (χ4v) is 4.70. The standard InChI is InChI=1S/C15H24ClNS/c1-3-4-11-5-7-12(8-6-11)14(17-2)15-13(16)9-10-18-15/h9-12,14,17H,3-8H2,1-2H3. The second-order valence-electron chi connectivity index (χ2n) is 5.47. The van der Waals surface area contributed by atoms with Gasteiger partial charge in [-0.15, -0.1) is 11.3 Å². The molecule has 1 aliphatic carbocycles. The third-order valence-electron chi connectivity index (χ3n) is 4.30. The molecule has 1 aromatic rings. The summed E-state index contributed by atoms with van der Waals surface area (Å²) in [4.78, 5) is 1.33. The maximum absolute atomic E-state index is 6.28. The zero-order valence-electron chi connectivity index (χ0n) is 11.4. The molecule has 1 N–H and O–H groups in total. The minimum atomic E-state index is 0.458. The minimum absolute atomic E-state index is 0.458. The Morgan fingerprint density at radius 2 is 2.11 bits per heavy atom. The van der Waals surface area contributed by atoms with Gasteiger partial charge in [0.25, 0.3) is 0 Å². The molecule has 0 aliphatic heterocycles. The molecule has 1 atom stereocenters. The van der Waals surface area contributed by atoms with Crippen molar-refractivity contribution in [1.82, 2.24) is 5.32 Å². The average molecular weight is 286 g/mol. The predicted molar refractivity (Wildman–Crippen MR) is 81.5 cm³/mol. The van der Waals surface area contributed by atoms with E-state index in [9.17, 15) is 0 Å². The first-order valence-corrected chi connectivity index (χ1v) is 8.42. The van der Waals surface area contributed by atoms with Crippen molar-refractivity contribution in [3.8, 4) is 0 Å². The van der Waals surface area contributed by atoms with Gasteiger partial charge in [0.1, 0.15) is 0 Å². The maximum atomic E-state index is 6.28. The number of hydrogen-bond acceptors (Lipinski definition) is 2. The first-order chi connectivity index (χ1) is 8.76. The van der Waals surface area contributed by atoms with Gasteiger partial charge in [0.2, 0.25) is 0 Å². The van der Waals surface area contributed by atoms with E-state index >= 15 is 0 Å². The van der Waals surface area contributed by atoms with Gasteiger partial charge < -0.3 is 5.32 Å². The molecule has 1 nitrogen and oxygen atoms in total. The predicted octanol–water partition coefficient (Wildman–Crippen LogP) is 5.27. The van der Waals surface area contributed by atoms with Gasteiger partial charge in [-0.25, -0.2) is 0 Å². The van der Waals surface area contributed by atoms with Crippen LogP contribution in [0.15, 0.2) is 11.4 Å². The Morgan fingerprint density at radius 1 is 1.39 bits per heavy atom. The summed E-state index contributed by atoms with van der Waals surface area (Å²) >= 11 is 8.07. The van der Waals surface area contributed by atoms with Crippen molar-refractivity contribution in [3.05, 3.63) is 21.3 Å². The van der Waals surface area contributed by atoms with E-state index < -0.39 is 0 Å². The number of rotatable bonds is 5. The van der Waals surface area contributed by atoms with E-state index in [2.05, 4.69) is 24.7 Å². The highest BCUT2D eigenvalue weighted by Crippen LogP contribution is 2.41. The van der Waals surface area contributed by atoms with E-state index in [0.29, 0.717) is 6.04 Å². The Labute approximate surface area is 120 Å². The summed E-state index contributed by atoms with van der Waals surface area (Å²) in [6.07, 6.45) is 8.26. The summed E-state index contributed by atoms with van der Waals surface area (Å²) < 4.78 is 0. The second kappa shape index (κ2) is 6.93. The van der Waals surface area contributed by atoms with Crippen molar-refractivity contribution in [1.29, 1.82) is 0 Å². The van der Waals surface area contributed by atoms with E-state index in [4.69, 9.17) is 11.6 Å². The van der Waals surface area contributed by atoms with Gasteiger partial charge in [0.05, 0.1) is 5.02 Å². The molecule has 1 aromatic heterocycles. The highest BCUT2D eigenvalue weighted by molar-refractivity contribution is 7.10. The van der Waals surface area contributed by atoms with Crippen molar-refractivity contribution in [2.24, 2.45) is 11.8 Å². The monoisotopic (exact) mass is 285 g/mol. The van der Waals surface area contributed by atoms with Crippen molar-refractivity contribution >= 4 is 22.9 Å². The van der Waals surface area contributed by atoms with Crippen LogP contribution in [0.1, 0.15) is 56.4 Å². The highest BCUT2D eigenvalue weighted by atomic mass is 35.5. The Kier molecular flexibility index (Phi) is 5.53. The Hall–Kier alpha value is -0.0500. The Balaban J connectivity index is 1.97. The van der Waals surface area contributed by atoms with Crippen LogP contribution in [0.25, 0.3) is 0 Å². The molecule has 0 spiro atoms. The second-order valence-corrected chi connectivity index (χ2v) is 6.82. The van der Waals surface area contributed by atoms with E-state index in [1.54, 1.807) is 11.3 Å². The smallest absolute Gasteiger partial charge is 0.0561 e. The molecule has 1 fully saturated rings. The van der Waals surface area contributed by atoms with Gasteiger partial charge in [-0.2, -0.15) is 0 Å². The molecule has 3 heteroatoms. The number of nitrogens with one attached hydrogen (secondary N) is 1. The van der Waals surface area contributed by atoms with E-state index in [1.807, 2.05) is 6.07 Å². The Bertz CT molecular complexity index is 355. The molecule has 0 amide bonds. The lowest BCUT2D eigenvalue weighted by Crippen LogP contribution is -2.28. The minimum Gasteiger partial charge on any atom is -0.312 e. The Morgan fingerprint density at radius 3 is 2.61 bits per heavy atom. The van der Waals surface area contributed by atoms with Crippen LogP contribution in [0.5, 0.6) is 0 Å². The third-order valence-corrected chi connectivity index (χ3v) is 5.74. The molecule has 1 saturated carbocycles. The van der Waals surface area contributed by atoms with E-state index in [-0.39, 0.29) is 0 Å². The first kappa shape index (κ1) is 14.4. The van der Waals surface area contributed by atoms with Crippen molar-refractivity contribution in [3.63, 3.8) is 0 Å². The van der Waals surface area contributed by atoms with Crippen LogP contribution in [0.2, 0.25) is 5.02 Å². The number of hydrogen-bond donors (Lipinski definition) is 1. The summed E-state index contributed by atoms with van der Waals surface area (Å²) in [5.41, 5.74) is 0. The summed E-state index contributed by atoms with van der Waals surface area (Å²) in [5.74, 6) is 1.74. The molecule has 2 rings (SSSR count).